The number of rotatable bonds is 22. The first-order chi connectivity index (χ1) is 21.8. The van der Waals surface area contributed by atoms with Crippen LogP contribution in [0.4, 0.5) is 0 Å². The van der Waals surface area contributed by atoms with E-state index in [9.17, 15) is 14.7 Å². The zero-order valence-corrected chi connectivity index (χ0v) is 29.3. The van der Waals surface area contributed by atoms with Gasteiger partial charge in [0.05, 0.1) is 25.2 Å². The number of benzene rings is 2. The Labute approximate surface area is 277 Å². The van der Waals surface area contributed by atoms with Crippen LogP contribution in [0, 0.1) is 29.1 Å². The standard InChI is InChI=1S/C37H59N3O6/c1-25(2)29(19-28-15-16-33(45-8)34(20-28)46-18-12-17-44-7)21-31(39-23-27-13-10-9-11-14-27)32(41)22-30(26(3)4)35(42)40-24-37(5,6)36(38)43/h9-11,13-16,20,25-26,29-32,39,41H,12,17-19,21-24H2,1-8H3,(H2,38,43)(H,40,42). The van der Waals surface area contributed by atoms with Crippen molar-refractivity contribution in [2.75, 3.05) is 34.0 Å². The van der Waals surface area contributed by atoms with E-state index in [2.05, 4.69) is 48.7 Å². The second kappa shape index (κ2) is 19.5. The highest BCUT2D eigenvalue weighted by Gasteiger charge is 2.33. The van der Waals surface area contributed by atoms with Crippen LogP contribution in [-0.4, -0.2) is 63.0 Å². The molecule has 0 radical (unpaired) electrons. The highest BCUT2D eigenvalue weighted by atomic mass is 16.5. The summed E-state index contributed by atoms with van der Waals surface area (Å²) in [6.45, 7) is 13.7. The SMILES string of the molecule is COCCCOc1cc(CC(CC(NCc2ccccc2)C(O)CC(C(=O)NCC(C)(C)C(N)=O)C(C)C)C(C)C)ccc1OC. The van der Waals surface area contributed by atoms with E-state index in [0.29, 0.717) is 50.0 Å². The van der Waals surface area contributed by atoms with Crippen molar-refractivity contribution in [2.24, 2.45) is 34.8 Å². The second-order valence-corrected chi connectivity index (χ2v) is 13.7. The first kappa shape index (κ1) is 39.0. The average molecular weight is 642 g/mol. The molecule has 0 aliphatic rings. The predicted octanol–water partition coefficient (Wildman–Crippen LogP) is 5.12. The molecule has 9 nitrogen and oxygen atoms in total. The lowest BCUT2D eigenvalue weighted by Gasteiger charge is -2.33. The zero-order valence-electron chi connectivity index (χ0n) is 29.3. The largest absolute Gasteiger partial charge is 0.493 e. The molecule has 0 fully saturated rings. The summed E-state index contributed by atoms with van der Waals surface area (Å²) in [7, 11) is 3.32. The van der Waals surface area contributed by atoms with E-state index in [1.165, 1.54) is 0 Å². The quantitative estimate of drug-likeness (QED) is 0.131. The van der Waals surface area contributed by atoms with Gasteiger partial charge in [0.2, 0.25) is 11.8 Å². The molecule has 258 valence electrons. The van der Waals surface area contributed by atoms with Gasteiger partial charge in [0.25, 0.3) is 0 Å². The summed E-state index contributed by atoms with van der Waals surface area (Å²) < 4.78 is 16.7. The topological polar surface area (TPSA) is 132 Å². The number of primary amides is 1. The van der Waals surface area contributed by atoms with Crippen LogP contribution in [0.25, 0.3) is 0 Å². The minimum Gasteiger partial charge on any atom is -0.493 e. The van der Waals surface area contributed by atoms with E-state index in [0.717, 1.165) is 24.0 Å². The molecule has 4 atom stereocenters. The number of aliphatic hydroxyl groups is 1. The van der Waals surface area contributed by atoms with Crippen LogP contribution in [0.3, 0.4) is 0 Å². The van der Waals surface area contributed by atoms with Crippen molar-refractivity contribution in [1.82, 2.24) is 10.6 Å². The number of carbonyl (C=O) groups is 2. The number of amides is 2. The molecule has 4 unspecified atom stereocenters. The van der Waals surface area contributed by atoms with Crippen LogP contribution in [0.2, 0.25) is 0 Å². The minimum absolute atomic E-state index is 0.0105. The Morgan fingerprint density at radius 3 is 2.20 bits per heavy atom. The summed E-state index contributed by atoms with van der Waals surface area (Å²) in [6.07, 6.45) is 1.80. The lowest BCUT2D eigenvalue weighted by atomic mass is 9.80. The Bertz CT molecular complexity index is 1190. The molecule has 0 saturated heterocycles. The maximum absolute atomic E-state index is 13.3. The number of carbonyl (C=O) groups excluding carboxylic acids is 2. The Kier molecular flexibility index (Phi) is 16.6. The number of methoxy groups -OCH3 is 2. The number of ether oxygens (including phenoxy) is 3. The molecule has 0 bridgehead atoms. The molecule has 2 aromatic rings. The van der Waals surface area contributed by atoms with Gasteiger partial charge in [0, 0.05) is 45.2 Å². The van der Waals surface area contributed by atoms with Gasteiger partial charge >= 0.3 is 0 Å². The molecule has 9 heteroatoms. The van der Waals surface area contributed by atoms with Crippen LogP contribution in [0.15, 0.2) is 48.5 Å². The third-order valence-corrected chi connectivity index (χ3v) is 8.86. The summed E-state index contributed by atoms with van der Waals surface area (Å²) in [6, 6.07) is 15.9. The first-order valence-electron chi connectivity index (χ1n) is 16.6. The monoisotopic (exact) mass is 641 g/mol. The van der Waals surface area contributed by atoms with Gasteiger partial charge in [-0.1, -0.05) is 64.1 Å². The maximum atomic E-state index is 13.3. The van der Waals surface area contributed by atoms with Gasteiger partial charge in [-0.3, -0.25) is 9.59 Å². The van der Waals surface area contributed by atoms with Crippen molar-refractivity contribution in [3.63, 3.8) is 0 Å². The Morgan fingerprint density at radius 2 is 1.61 bits per heavy atom. The van der Waals surface area contributed by atoms with Crippen LogP contribution >= 0.6 is 0 Å². The predicted molar refractivity (Wildman–Crippen MR) is 184 cm³/mol. The molecule has 0 saturated carbocycles. The van der Waals surface area contributed by atoms with E-state index in [1.807, 2.05) is 38.1 Å². The summed E-state index contributed by atoms with van der Waals surface area (Å²) >= 11 is 0. The number of nitrogens with two attached hydrogens (primary N) is 1. The lowest BCUT2D eigenvalue weighted by Crippen LogP contribution is -2.47. The van der Waals surface area contributed by atoms with Gasteiger partial charge in [-0.05, 0) is 74.1 Å². The molecule has 0 aliphatic heterocycles. The first-order valence-corrected chi connectivity index (χ1v) is 16.6. The maximum Gasteiger partial charge on any atom is 0.224 e. The summed E-state index contributed by atoms with van der Waals surface area (Å²) in [5.41, 5.74) is 6.91. The van der Waals surface area contributed by atoms with Gasteiger partial charge in [0.1, 0.15) is 0 Å². The van der Waals surface area contributed by atoms with Crippen LogP contribution in [-0.2, 0) is 27.3 Å². The number of aliphatic hydroxyl groups excluding tert-OH is 1. The molecule has 2 amide bonds. The third kappa shape index (κ3) is 12.9. The van der Waals surface area contributed by atoms with E-state index in [-0.39, 0.29) is 30.3 Å². The van der Waals surface area contributed by atoms with Crippen molar-refractivity contribution in [3.05, 3.63) is 59.7 Å². The normalized spacial score (nSPS) is 14.5. The molecule has 0 spiro atoms. The van der Waals surface area contributed by atoms with E-state index < -0.39 is 23.3 Å². The van der Waals surface area contributed by atoms with Gasteiger partial charge in [-0.15, -0.1) is 0 Å². The Balaban J connectivity index is 2.27. The molecule has 0 aromatic heterocycles. The zero-order chi connectivity index (χ0) is 34.3. The second-order valence-electron chi connectivity index (χ2n) is 13.7. The van der Waals surface area contributed by atoms with E-state index in [1.54, 1.807) is 28.1 Å². The fraction of sp³-hybridized carbons (Fsp3) is 0.622. The van der Waals surface area contributed by atoms with Gasteiger partial charge in [-0.2, -0.15) is 0 Å². The van der Waals surface area contributed by atoms with Crippen LogP contribution in [0.5, 0.6) is 11.5 Å². The molecule has 2 rings (SSSR count). The van der Waals surface area contributed by atoms with Gasteiger partial charge in [0.15, 0.2) is 11.5 Å². The summed E-state index contributed by atoms with van der Waals surface area (Å²) in [5.74, 6) is 0.879. The van der Waals surface area contributed by atoms with E-state index in [4.69, 9.17) is 19.9 Å². The fourth-order valence-electron chi connectivity index (χ4n) is 5.42. The van der Waals surface area contributed by atoms with Crippen molar-refractivity contribution in [3.8, 4) is 11.5 Å². The molecule has 2 aromatic carbocycles. The summed E-state index contributed by atoms with van der Waals surface area (Å²) in [5, 5.41) is 18.3. The van der Waals surface area contributed by atoms with Crippen molar-refractivity contribution >= 4 is 11.8 Å². The molecule has 0 aliphatic carbocycles. The smallest absolute Gasteiger partial charge is 0.224 e. The molecular formula is C37H59N3O6. The molecule has 0 heterocycles. The van der Waals surface area contributed by atoms with Crippen LogP contribution < -0.4 is 25.8 Å². The third-order valence-electron chi connectivity index (χ3n) is 8.86. The van der Waals surface area contributed by atoms with Crippen LogP contribution in [0.1, 0.15) is 71.9 Å². The fourth-order valence-corrected chi connectivity index (χ4v) is 5.42. The van der Waals surface area contributed by atoms with E-state index >= 15 is 0 Å². The summed E-state index contributed by atoms with van der Waals surface area (Å²) in [4.78, 5) is 25.1. The van der Waals surface area contributed by atoms with Crippen molar-refractivity contribution in [2.45, 2.75) is 85.9 Å². The minimum atomic E-state index is -0.865. The van der Waals surface area contributed by atoms with Crippen molar-refractivity contribution < 1.29 is 28.9 Å². The Morgan fingerprint density at radius 1 is 0.913 bits per heavy atom. The highest BCUT2D eigenvalue weighted by molar-refractivity contribution is 5.83. The number of nitrogens with one attached hydrogen (secondary N) is 2. The van der Waals surface area contributed by atoms with Gasteiger partial charge < -0.3 is 35.7 Å². The Hall–Kier alpha value is -3.14. The highest BCUT2D eigenvalue weighted by Crippen LogP contribution is 2.32. The number of hydrogen-bond donors (Lipinski definition) is 4. The molecule has 5 N–H and O–H groups in total. The van der Waals surface area contributed by atoms with Crippen molar-refractivity contribution in [1.29, 1.82) is 0 Å². The lowest BCUT2D eigenvalue weighted by molar-refractivity contribution is -0.130. The number of hydrogen-bond acceptors (Lipinski definition) is 7. The van der Waals surface area contributed by atoms with Gasteiger partial charge in [-0.25, -0.2) is 0 Å². The average Bonchev–Trinajstić information content (AvgIpc) is 3.02. The molecule has 46 heavy (non-hydrogen) atoms. The molecular weight excluding hydrogens is 582 g/mol.